The molecule has 1 unspecified atom stereocenters. The summed E-state index contributed by atoms with van der Waals surface area (Å²) in [5.74, 6) is 0. The minimum Gasteiger partial charge on any atom is -0.324 e. The molecular weight excluding hydrogens is 165 g/mol. The van der Waals surface area contributed by atoms with Crippen LogP contribution < -0.4 is 5.73 Å². The van der Waals surface area contributed by atoms with Crippen LogP contribution in [0.25, 0.3) is 0 Å². The van der Waals surface area contributed by atoms with Crippen LogP contribution in [-0.2, 0) is 0 Å². The van der Waals surface area contributed by atoms with Crippen molar-refractivity contribution in [3.63, 3.8) is 0 Å². The van der Waals surface area contributed by atoms with Crippen LogP contribution in [0.4, 0.5) is 0 Å². The number of rotatable bonds is 0. The Balaban J connectivity index is 2.47. The Kier molecular flexibility index (Phi) is 2.16. The smallest absolute Gasteiger partial charge is 0.0298 e. The molecule has 0 fully saturated rings. The Labute approximate surface area is 75.6 Å². The lowest BCUT2D eigenvalue weighted by atomic mass is 9.88. The van der Waals surface area contributed by atoms with Crippen LogP contribution in [-0.4, -0.2) is 0 Å². The van der Waals surface area contributed by atoms with E-state index in [2.05, 4.69) is 33.5 Å². The van der Waals surface area contributed by atoms with Gasteiger partial charge in [-0.25, -0.2) is 0 Å². The highest BCUT2D eigenvalue weighted by Crippen LogP contribution is 2.39. The van der Waals surface area contributed by atoms with Crippen LogP contribution in [0.1, 0.15) is 35.7 Å². The molecule has 1 aliphatic rings. The first kappa shape index (κ1) is 8.22. The predicted octanol–water partition coefficient (Wildman–Crippen LogP) is 2.40. The Morgan fingerprint density at radius 3 is 2.50 bits per heavy atom. The first-order chi connectivity index (χ1) is 5.79. The third-order valence-corrected chi connectivity index (χ3v) is 3.28. The zero-order valence-electron chi connectivity index (χ0n) is 7.03. The van der Waals surface area contributed by atoms with Crippen LogP contribution in [0.5, 0.6) is 0 Å². The number of fused-ring (bicyclic) bond motifs is 1. The lowest BCUT2D eigenvalue weighted by Gasteiger charge is -2.26. The highest BCUT2D eigenvalue weighted by molar-refractivity contribution is 7.17. The molecule has 1 nitrogen and oxygen atoms in total. The quantitative estimate of drug-likeness (QED) is 0.608. The van der Waals surface area contributed by atoms with Gasteiger partial charge >= 0.3 is 0 Å². The molecule has 0 saturated heterocycles. The summed E-state index contributed by atoms with van der Waals surface area (Å²) in [6.07, 6.45) is 2.31. The van der Waals surface area contributed by atoms with Gasteiger partial charge in [-0.3, -0.25) is 0 Å². The lowest BCUT2D eigenvalue weighted by molar-refractivity contribution is 0.564. The van der Waals surface area contributed by atoms with E-state index in [9.17, 15) is 0 Å². The monoisotopic (exact) mass is 179 g/mol. The van der Waals surface area contributed by atoms with E-state index in [4.69, 9.17) is 5.73 Å². The highest BCUT2D eigenvalue weighted by atomic mass is 31.0. The molecule has 0 bridgehead atoms. The minimum atomic E-state index is 0.262. The van der Waals surface area contributed by atoms with Crippen LogP contribution in [0, 0.1) is 0 Å². The molecule has 1 aliphatic carbocycles. The molecule has 0 aromatic heterocycles. The zero-order chi connectivity index (χ0) is 8.55. The van der Waals surface area contributed by atoms with Gasteiger partial charge in [-0.2, -0.15) is 0 Å². The number of hydrogen-bond donors (Lipinski definition) is 1. The summed E-state index contributed by atoms with van der Waals surface area (Å²) in [6, 6.07) is 8.76. The number of hydrogen-bond acceptors (Lipinski definition) is 1. The molecule has 12 heavy (non-hydrogen) atoms. The second-order valence-electron chi connectivity index (χ2n) is 3.42. The van der Waals surface area contributed by atoms with Gasteiger partial charge in [0.15, 0.2) is 0 Å². The number of nitrogens with two attached hydrogens (primary N) is 1. The first-order valence-electron chi connectivity index (χ1n) is 4.39. The standard InChI is InChI=1S/C10H14NP/c11-9-5-6-10(12)8-4-2-1-3-7(8)9/h1-4,9-10H,5-6,11-12H2/t9-,10+/m0/s1. The van der Waals surface area contributed by atoms with Crippen molar-refractivity contribution in [3.8, 4) is 0 Å². The third-order valence-electron chi connectivity index (χ3n) is 2.58. The maximum atomic E-state index is 6.00. The average molecular weight is 179 g/mol. The lowest BCUT2D eigenvalue weighted by Crippen LogP contribution is -2.18. The van der Waals surface area contributed by atoms with Gasteiger partial charge in [0.2, 0.25) is 0 Å². The SMILES string of the molecule is N[C@H]1CC[C@@H](P)c2ccccc21. The molecule has 0 aliphatic heterocycles. The summed E-state index contributed by atoms with van der Waals surface area (Å²) in [6.45, 7) is 0. The molecule has 0 spiro atoms. The molecule has 0 heterocycles. The van der Waals surface area contributed by atoms with E-state index in [1.807, 2.05) is 0 Å². The molecule has 3 atom stereocenters. The summed E-state index contributed by atoms with van der Waals surface area (Å²) in [5, 5.41) is 0. The maximum Gasteiger partial charge on any atom is 0.0298 e. The van der Waals surface area contributed by atoms with E-state index in [1.54, 1.807) is 0 Å². The molecule has 1 aromatic carbocycles. The summed E-state index contributed by atoms with van der Waals surface area (Å²) in [7, 11) is 2.89. The van der Waals surface area contributed by atoms with Gasteiger partial charge in [0, 0.05) is 6.04 Å². The van der Waals surface area contributed by atoms with E-state index in [1.165, 1.54) is 17.5 Å². The van der Waals surface area contributed by atoms with Gasteiger partial charge in [0.05, 0.1) is 0 Å². The summed E-state index contributed by atoms with van der Waals surface area (Å²) < 4.78 is 0. The normalized spacial score (nSPS) is 28.2. The molecule has 2 rings (SSSR count). The summed E-state index contributed by atoms with van der Waals surface area (Å²) >= 11 is 0. The van der Waals surface area contributed by atoms with Gasteiger partial charge in [0.25, 0.3) is 0 Å². The van der Waals surface area contributed by atoms with E-state index in [0.29, 0.717) is 5.66 Å². The largest absolute Gasteiger partial charge is 0.324 e. The van der Waals surface area contributed by atoms with Crippen molar-refractivity contribution in [1.29, 1.82) is 0 Å². The van der Waals surface area contributed by atoms with Crippen molar-refractivity contribution in [2.45, 2.75) is 24.5 Å². The molecule has 2 heteroatoms. The first-order valence-corrected chi connectivity index (χ1v) is 5.05. The van der Waals surface area contributed by atoms with Crippen molar-refractivity contribution in [2.75, 3.05) is 0 Å². The predicted molar refractivity (Wildman–Crippen MR) is 55.1 cm³/mol. The Hall–Kier alpha value is -0.390. The molecule has 0 saturated carbocycles. The molecule has 1 aromatic rings. The average Bonchev–Trinajstić information content (AvgIpc) is 2.12. The van der Waals surface area contributed by atoms with Crippen molar-refractivity contribution < 1.29 is 0 Å². The Bertz CT molecular complexity index is 256. The van der Waals surface area contributed by atoms with E-state index in [-0.39, 0.29) is 6.04 Å². The highest BCUT2D eigenvalue weighted by Gasteiger charge is 2.20. The topological polar surface area (TPSA) is 26.0 Å². The molecular formula is C10H14NP. The van der Waals surface area contributed by atoms with Crippen molar-refractivity contribution in [1.82, 2.24) is 0 Å². The van der Waals surface area contributed by atoms with Crippen LogP contribution in [0.15, 0.2) is 24.3 Å². The van der Waals surface area contributed by atoms with Crippen molar-refractivity contribution in [3.05, 3.63) is 35.4 Å². The van der Waals surface area contributed by atoms with E-state index >= 15 is 0 Å². The zero-order valence-corrected chi connectivity index (χ0v) is 8.19. The van der Waals surface area contributed by atoms with Crippen LogP contribution in [0.3, 0.4) is 0 Å². The molecule has 64 valence electrons. The summed E-state index contributed by atoms with van der Waals surface area (Å²) in [4.78, 5) is 0. The van der Waals surface area contributed by atoms with Gasteiger partial charge in [-0.05, 0) is 29.6 Å². The van der Waals surface area contributed by atoms with Crippen molar-refractivity contribution >= 4 is 9.24 Å². The fourth-order valence-corrected chi connectivity index (χ4v) is 2.35. The second-order valence-corrected chi connectivity index (χ2v) is 4.22. The second kappa shape index (κ2) is 3.16. The molecule has 0 radical (unpaired) electrons. The van der Waals surface area contributed by atoms with Gasteiger partial charge in [-0.1, -0.05) is 24.3 Å². The fourth-order valence-electron chi connectivity index (χ4n) is 1.86. The molecule has 2 N–H and O–H groups in total. The third kappa shape index (κ3) is 1.28. The summed E-state index contributed by atoms with van der Waals surface area (Å²) in [5.41, 5.74) is 9.37. The molecule has 0 amide bonds. The van der Waals surface area contributed by atoms with Gasteiger partial charge in [-0.15, -0.1) is 9.24 Å². The van der Waals surface area contributed by atoms with Gasteiger partial charge in [0.1, 0.15) is 0 Å². The van der Waals surface area contributed by atoms with E-state index < -0.39 is 0 Å². The Morgan fingerprint density at radius 1 is 1.17 bits per heavy atom. The van der Waals surface area contributed by atoms with E-state index in [0.717, 1.165) is 6.42 Å². The van der Waals surface area contributed by atoms with Crippen molar-refractivity contribution in [2.24, 2.45) is 5.73 Å². The minimum absolute atomic E-state index is 0.262. The number of benzene rings is 1. The maximum absolute atomic E-state index is 6.00. The van der Waals surface area contributed by atoms with Gasteiger partial charge < -0.3 is 5.73 Å². The van der Waals surface area contributed by atoms with Crippen LogP contribution in [0.2, 0.25) is 0 Å². The fraction of sp³-hybridized carbons (Fsp3) is 0.400. The van der Waals surface area contributed by atoms with Crippen LogP contribution >= 0.6 is 9.24 Å². The Morgan fingerprint density at radius 2 is 1.83 bits per heavy atom.